The van der Waals surface area contributed by atoms with Crippen LogP contribution in [0.15, 0.2) is 36.4 Å². The molecule has 2 heterocycles. The molecule has 142 valence electrons. The number of esters is 1. The van der Waals surface area contributed by atoms with E-state index in [1.165, 1.54) is 0 Å². The van der Waals surface area contributed by atoms with Gasteiger partial charge in [-0.25, -0.2) is 9.97 Å². The lowest BCUT2D eigenvalue weighted by molar-refractivity contribution is -0.148. The lowest BCUT2D eigenvalue weighted by Gasteiger charge is -2.25. The molecule has 1 unspecified atom stereocenters. The van der Waals surface area contributed by atoms with E-state index in [0.717, 1.165) is 5.56 Å². The zero-order valence-corrected chi connectivity index (χ0v) is 17.4. The van der Waals surface area contributed by atoms with Gasteiger partial charge in [-0.15, -0.1) is 0 Å². The number of pyridine rings is 1. The fourth-order valence-electron chi connectivity index (χ4n) is 2.84. The lowest BCUT2D eigenvalue weighted by Crippen LogP contribution is -2.39. The van der Waals surface area contributed by atoms with Gasteiger partial charge in [0.05, 0.1) is 13.2 Å². The van der Waals surface area contributed by atoms with E-state index in [-0.39, 0.29) is 18.3 Å². The molecule has 1 atom stereocenters. The largest absolute Gasteiger partial charge is 0.465 e. The third-order valence-corrected chi connectivity index (χ3v) is 5.44. The predicted molar refractivity (Wildman–Crippen MR) is 111 cm³/mol. The second kappa shape index (κ2) is 8.09. The summed E-state index contributed by atoms with van der Waals surface area (Å²) in [6.07, 6.45) is 0. The minimum atomic E-state index is -1.03. The van der Waals surface area contributed by atoms with E-state index >= 15 is 0 Å². The SMILES string of the molecule is CCOC(=O)C(C)(CS)c1nc2ccc(Cl)nc2n1Cc1ccc(Cl)cc1. The Hall–Kier alpha value is -1.76. The Labute approximate surface area is 173 Å². The summed E-state index contributed by atoms with van der Waals surface area (Å²) >= 11 is 16.5. The van der Waals surface area contributed by atoms with E-state index in [1.807, 2.05) is 28.8 Å². The maximum atomic E-state index is 12.7. The molecule has 0 amide bonds. The number of fused-ring (bicyclic) bond motifs is 1. The average Bonchev–Trinajstić information content (AvgIpc) is 3.01. The number of halogens is 2. The highest BCUT2D eigenvalue weighted by Crippen LogP contribution is 2.30. The summed E-state index contributed by atoms with van der Waals surface area (Å²) in [5, 5.41) is 1.01. The van der Waals surface area contributed by atoms with Crippen molar-refractivity contribution in [2.45, 2.75) is 25.8 Å². The lowest BCUT2D eigenvalue weighted by atomic mass is 9.92. The van der Waals surface area contributed by atoms with E-state index in [9.17, 15) is 4.79 Å². The molecule has 0 aliphatic rings. The van der Waals surface area contributed by atoms with Crippen molar-refractivity contribution < 1.29 is 9.53 Å². The molecule has 0 radical (unpaired) electrons. The first kappa shape index (κ1) is 20.0. The van der Waals surface area contributed by atoms with Crippen molar-refractivity contribution in [2.75, 3.05) is 12.4 Å². The van der Waals surface area contributed by atoms with Crippen molar-refractivity contribution in [2.24, 2.45) is 0 Å². The molecule has 5 nitrogen and oxygen atoms in total. The van der Waals surface area contributed by atoms with Crippen LogP contribution < -0.4 is 0 Å². The first-order chi connectivity index (χ1) is 12.9. The summed E-state index contributed by atoms with van der Waals surface area (Å²) in [6, 6.07) is 10.9. The van der Waals surface area contributed by atoms with Gasteiger partial charge in [-0.1, -0.05) is 35.3 Å². The normalized spacial score (nSPS) is 13.5. The monoisotopic (exact) mass is 423 g/mol. The summed E-state index contributed by atoms with van der Waals surface area (Å²) in [4.78, 5) is 21.8. The number of benzene rings is 1. The molecule has 8 heteroatoms. The van der Waals surface area contributed by atoms with Gasteiger partial charge in [-0.3, -0.25) is 4.79 Å². The zero-order valence-electron chi connectivity index (χ0n) is 14.9. The molecule has 0 aliphatic heterocycles. The van der Waals surface area contributed by atoms with Crippen LogP contribution in [0.25, 0.3) is 11.2 Å². The van der Waals surface area contributed by atoms with Crippen LogP contribution >= 0.6 is 35.8 Å². The molecule has 0 spiro atoms. The van der Waals surface area contributed by atoms with Gasteiger partial charge in [0.15, 0.2) is 5.65 Å². The quantitative estimate of drug-likeness (QED) is 0.359. The predicted octanol–water partition coefficient (Wildman–Crippen LogP) is 4.54. The first-order valence-corrected chi connectivity index (χ1v) is 9.83. The maximum absolute atomic E-state index is 12.7. The van der Waals surface area contributed by atoms with Gasteiger partial charge >= 0.3 is 5.97 Å². The van der Waals surface area contributed by atoms with Gasteiger partial charge in [0.1, 0.15) is 21.9 Å². The number of thiol groups is 1. The molecule has 0 aliphatic carbocycles. The summed E-state index contributed by atoms with van der Waals surface area (Å²) in [6.45, 7) is 4.29. The minimum Gasteiger partial charge on any atom is -0.465 e. The molecule has 2 aromatic heterocycles. The minimum absolute atomic E-state index is 0.240. The van der Waals surface area contributed by atoms with E-state index in [2.05, 4.69) is 22.6 Å². The molecule has 0 N–H and O–H groups in total. The summed E-state index contributed by atoms with van der Waals surface area (Å²) in [7, 11) is 0. The number of carbonyl (C=O) groups excluding carboxylic acids is 1. The Balaban J connectivity index is 2.19. The highest BCUT2D eigenvalue weighted by atomic mass is 35.5. The standard InChI is InChI=1S/C19H19Cl2N3O2S/c1-3-26-18(25)19(2,11-27)17-22-14-8-9-15(21)23-16(14)24(17)10-12-4-6-13(20)7-5-12/h4-9,27H,3,10-11H2,1-2H3. The van der Waals surface area contributed by atoms with Gasteiger partial charge in [0, 0.05) is 10.8 Å². The third-order valence-electron chi connectivity index (χ3n) is 4.35. The molecular formula is C19H19Cl2N3O2S. The Morgan fingerprint density at radius 2 is 1.89 bits per heavy atom. The van der Waals surface area contributed by atoms with Crippen LogP contribution in [0.3, 0.4) is 0 Å². The molecule has 27 heavy (non-hydrogen) atoms. The molecule has 3 rings (SSSR count). The van der Waals surface area contributed by atoms with Gasteiger partial charge in [0.25, 0.3) is 0 Å². The third kappa shape index (κ3) is 3.93. The molecular weight excluding hydrogens is 405 g/mol. The zero-order chi connectivity index (χ0) is 19.6. The topological polar surface area (TPSA) is 57.0 Å². The second-order valence-electron chi connectivity index (χ2n) is 6.34. The van der Waals surface area contributed by atoms with Crippen molar-refractivity contribution in [3.05, 3.63) is 58.0 Å². The van der Waals surface area contributed by atoms with E-state index in [4.69, 9.17) is 27.9 Å². The van der Waals surface area contributed by atoms with E-state index in [0.29, 0.717) is 33.7 Å². The Bertz CT molecular complexity index is 975. The first-order valence-electron chi connectivity index (χ1n) is 8.45. The smallest absolute Gasteiger partial charge is 0.320 e. The Morgan fingerprint density at radius 3 is 2.52 bits per heavy atom. The van der Waals surface area contributed by atoms with Gasteiger partial charge < -0.3 is 9.30 Å². The molecule has 1 aromatic carbocycles. The van der Waals surface area contributed by atoms with Crippen molar-refractivity contribution in [1.82, 2.24) is 14.5 Å². The van der Waals surface area contributed by atoms with Crippen LogP contribution in [0.4, 0.5) is 0 Å². The van der Waals surface area contributed by atoms with E-state index < -0.39 is 5.41 Å². The van der Waals surface area contributed by atoms with Gasteiger partial charge in [-0.2, -0.15) is 12.6 Å². The number of aromatic nitrogens is 3. The molecule has 0 fully saturated rings. The fraction of sp³-hybridized carbons (Fsp3) is 0.316. The highest BCUT2D eigenvalue weighted by Gasteiger charge is 2.40. The van der Waals surface area contributed by atoms with Crippen LogP contribution in [0.5, 0.6) is 0 Å². The maximum Gasteiger partial charge on any atom is 0.320 e. The summed E-state index contributed by atoms with van der Waals surface area (Å²) in [5.74, 6) is 0.401. The number of imidazole rings is 1. The van der Waals surface area contributed by atoms with Gasteiger partial charge in [0.2, 0.25) is 0 Å². The van der Waals surface area contributed by atoms with Crippen LogP contribution in [0.2, 0.25) is 10.2 Å². The number of ether oxygens (including phenoxy) is 1. The fourth-order valence-corrected chi connectivity index (χ4v) is 3.38. The molecule has 0 saturated carbocycles. The summed E-state index contributed by atoms with van der Waals surface area (Å²) in [5.41, 5.74) is 1.22. The van der Waals surface area contributed by atoms with Crippen molar-refractivity contribution in [1.29, 1.82) is 0 Å². The van der Waals surface area contributed by atoms with Crippen molar-refractivity contribution in [3.8, 4) is 0 Å². The van der Waals surface area contributed by atoms with Crippen LogP contribution in [-0.4, -0.2) is 32.9 Å². The van der Waals surface area contributed by atoms with Crippen molar-refractivity contribution in [3.63, 3.8) is 0 Å². The molecule has 0 bridgehead atoms. The number of nitrogens with zero attached hydrogens (tertiary/aromatic N) is 3. The second-order valence-corrected chi connectivity index (χ2v) is 7.48. The number of carbonyl (C=O) groups is 1. The number of hydrogen-bond acceptors (Lipinski definition) is 5. The van der Waals surface area contributed by atoms with Gasteiger partial charge in [-0.05, 0) is 43.7 Å². The summed E-state index contributed by atoms with van der Waals surface area (Å²) < 4.78 is 7.17. The van der Waals surface area contributed by atoms with Crippen LogP contribution in [-0.2, 0) is 21.5 Å². The van der Waals surface area contributed by atoms with E-state index in [1.54, 1.807) is 26.0 Å². The average molecular weight is 424 g/mol. The van der Waals surface area contributed by atoms with Crippen LogP contribution in [0, 0.1) is 0 Å². The Morgan fingerprint density at radius 1 is 1.19 bits per heavy atom. The number of hydrogen-bond donors (Lipinski definition) is 1. The highest BCUT2D eigenvalue weighted by molar-refractivity contribution is 7.80. The molecule has 3 aromatic rings. The van der Waals surface area contributed by atoms with Crippen molar-refractivity contribution >= 4 is 53.0 Å². The number of rotatable bonds is 6. The van der Waals surface area contributed by atoms with Crippen LogP contribution in [0.1, 0.15) is 25.2 Å². The molecule has 0 saturated heterocycles. The Kier molecular flexibility index (Phi) is 5.99.